The molecular formula is C15H19FO4. The number of methoxy groups -OCH3 is 1. The van der Waals surface area contributed by atoms with E-state index in [1.54, 1.807) is 20.8 Å². The van der Waals surface area contributed by atoms with E-state index in [9.17, 15) is 14.0 Å². The van der Waals surface area contributed by atoms with Gasteiger partial charge in [0.25, 0.3) is 0 Å². The first-order chi connectivity index (χ1) is 9.17. The van der Waals surface area contributed by atoms with E-state index in [4.69, 9.17) is 9.47 Å². The van der Waals surface area contributed by atoms with E-state index in [1.165, 1.54) is 26.2 Å². The van der Waals surface area contributed by atoms with Crippen molar-refractivity contribution in [3.8, 4) is 5.75 Å². The van der Waals surface area contributed by atoms with Crippen LogP contribution in [-0.4, -0.2) is 24.5 Å². The second-order valence-electron chi connectivity index (χ2n) is 5.44. The summed E-state index contributed by atoms with van der Waals surface area (Å²) in [5.41, 5.74) is -0.932. The number of halogens is 1. The number of hydrogen-bond acceptors (Lipinski definition) is 4. The molecule has 0 radical (unpaired) electrons. The highest BCUT2D eigenvalue weighted by atomic mass is 19.1. The lowest BCUT2D eigenvalue weighted by atomic mass is 9.98. The number of Topliss-reactive ketones (excluding diaryl/α,β-unsaturated/α-hetero) is 1. The van der Waals surface area contributed by atoms with Crippen molar-refractivity contribution in [1.82, 2.24) is 0 Å². The normalized spacial score (nSPS) is 12.7. The number of ether oxygens (including phenoxy) is 2. The van der Waals surface area contributed by atoms with Gasteiger partial charge in [0, 0.05) is 0 Å². The standard InChI is InChI=1S/C15H19FO4/c1-9(14(18)20-15(2,3)4)13(17)12-10(16)7-6-8-11(12)19-5/h6-9H,1-5H3. The summed E-state index contributed by atoms with van der Waals surface area (Å²) in [6, 6.07) is 4.05. The maximum atomic E-state index is 13.8. The van der Waals surface area contributed by atoms with Crippen molar-refractivity contribution in [3.63, 3.8) is 0 Å². The molecule has 0 bridgehead atoms. The molecule has 1 atom stereocenters. The Morgan fingerprint density at radius 1 is 1.25 bits per heavy atom. The van der Waals surface area contributed by atoms with E-state index < -0.39 is 29.1 Å². The average molecular weight is 282 g/mol. The van der Waals surface area contributed by atoms with Crippen LogP contribution < -0.4 is 4.74 Å². The van der Waals surface area contributed by atoms with Crippen LogP contribution >= 0.6 is 0 Å². The van der Waals surface area contributed by atoms with E-state index in [0.717, 1.165) is 6.07 Å². The van der Waals surface area contributed by atoms with Gasteiger partial charge in [0.15, 0.2) is 5.78 Å². The van der Waals surface area contributed by atoms with Gasteiger partial charge in [-0.25, -0.2) is 4.39 Å². The monoisotopic (exact) mass is 282 g/mol. The summed E-state index contributed by atoms with van der Waals surface area (Å²) in [6.07, 6.45) is 0. The van der Waals surface area contributed by atoms with E-state index >= 15 is 0 Å². The number of hydrogen-bond donors (Lipinski definition) is 0. The fourth-order valence-corrected chi connectivity index (χ4v) is 1.63. The van der Waals surface area contributed by atoms with Crippen molar-refractivity contribution >= 4 is 11.8 Å². The van der Waals surface area contributed by atoms with Gasteiger partial charge in [-0.15, -0.1) is 0 Å². The molecule has 0 fully saturated rings. The molecule has 0 heterocycles. The van der Waals surface area contributed by atoms with Crippen LogP contribution in [0.15, 0.2) is 18.2 Å². The number of rotatable bonds is 4. The molecular weight excluding hydrogens is 263 g/mol. The minimum absolute atomic E-state index is 0.102. The zero-order chi connectivity index (χ0) is 15.5. The third kappa shape index (κ3) is 3.79. The van der Waals surface area contributed by atoms with Crippen LogP contribution in [0.5, 0.6) is 5.75 Å². The molecule has 0 aromatic heterocycles. The fraction of sp³-hybridized carbons (Fsp3) is 0.467. The Hall–Kier alpha value is -1.91. The average Bonchev–Trinajstić information content (AvgIpc) is 2.34. The molecule has 1 rings (SSSR count). The second-order valence-corrected chi connectivity index (χ2v) is 5.44. The van der Waals surface area contributed by atoms with E-state index in [2.05, 4.69) is 0 Å². The van der Waals surface area contributed by atoms with E-state index in [-0.39, 0.29) is 11.3 Å². The first-order valence-electron chi connectivity index (χ1n) is 6.27. The molecule has 110 valence electrons. The van der Waals surface area contributed by atoms with Gasteiger partial charge in [-0.3, -0.25) is 9.59 Å². The summed E-state index contributed by atoms with van der Waals surface area (Å²) >= 11 is 0. The maximum absolute atomic E-state index is 13.8. The van der Waals surface area contributed by atoms with Gasteiger partial charge in [0.2, 0.25) is 0 Å². The molecule has 0 aliphatic heterocycles. The lowest BCUT2D eigenvalue weighted by Gasteiger charge is -2.22. The summed E-state index contributed by atoms with van der Waals surface area (Å²) < 4.78 is 23.9. The molecule has 1 aromatic carbocycles. The molecule has 4 nitrogen and oxygen atoms in total. The second kappa shape index (κ2) is 6.03. The summed E-state index contributed by atoms with van der Waals surface area (Å²) in [4.78, 5) is 24.1. The Labute approximate surface area is 117 Å². The zero-order valence-electron chi connectivity index (χ0n) is 12.3. The van der Waals surface area contributed by atoms with Crippen LogP contribution in [0, 0.1) is 11.7 Å². The Bertz CT molecular complexity index is 517. The van der Waals surface area contributed by atoms with Gasteiger partial charge in [0.05, 0.1) is 12.7 Å². The van der Waals surface area contributed by atoms with Gasteiger partial charge in [-0.1, -0.05) is 6.07 Å². The number of ketones is 1. The smallest absolute Gasteiger partial charge is 0.317 e. The molecule has 0 N–H and O–H groups in total. The van der Waals surface area contributed by atoms with Crippen molar-refractivity contribution in [1.29, 1.82) is 0 Å². The summed E-state index contributed by atoms with van der Waals surface area (Å²) in [6.45, 7) is 6.49. The van der Waals surface area contributed by atoms with Crippen molar-refractivity contribution in [2.45, 2.75) is 33.3 Å². The SMILES string of the molecule is COc1cccc(F)c1C(=O)C(C)C(=O)OC(C)(C)C. The number of esters is 1. The molecule has 1 unspecified atom stereocenters. The highest BCUT2D eigenvalue weighted by molar-refractivity contribution is 6.10. The molecule has 5 heteroatoms. The highest BCUT2D eigenvalue weighted by Crippen LogP contribution is 2.25. The third-order valence-corrected chi connectivity index (χ3v) is 2.60. The van der Waals surface area contributed by atoms with Crippen LogP contribution in [0.25, 0.3) is 0 Å². The lowest BCUT2D eigenvalue weighted by molar-refractivity contribution is -0.157. The number of carbonyl (C=O) groups excluding carboxylic acids is 2. The predicted molar refractivity (Wildman–Crippen MR) is 72.3 cm³/mol. The van der Waals surface area contributed by atoms with Gasteiger partial charge in [-0.05, 0) is 39.8 Å². The highest BCUT2D eigenvalue weighted by Gasteiger charge is 2.31. The maximum Gasteiger partial charge on any atom is 0.317 e. The van der Waals surface area contributed by atoms with E-state index in [0.29, 0.717) is 0 Å². The fourth-order valence-electron chi connectivity index (χ4n) is 1.63. The lowest BCUT2D eigenvalue weighted by Crippen LogP contribution is -2.31. The van der Waals surface area contributed by atoms with Gasteiger partial charge in [0.1, 0.15) is 23.1 Å². The molecule has 20 heavy (non-hydrogen) atoms. The first kappa shape index (κ1) is 16.1. The quantitative estimate of drug-likeness (QED) is 0.484. The number of carbonyl (C=O) groups is 2. The first-order valence-corrected chi connectivity index (χ1v) is 6.27. The predicted octanol–water partition coefficient (Wildman–Crippen LogP) is 2.99. The Morgan fingerprint density at radius 3 is 2.35 bits per heavy atom. The third-order valence-electron chi connectivity index (χ3n) is 2.60. The molecule has 0 saturated carbocycles. The molecule has 0 aliphatic carbocycles. The van der Waals surface area contributed by atoms with Crippen molar-refractivity contribution in [2.75, 3.05) is 7.11 Å². The van der Waals surface area contributed by atoms with Crippen LogP contribution in [0.4, 0.5) is 4.39 Å². The van der Waals surface area contributed by atoms with Crippen molar-refractivity contribution in [3.05, 3.63) is 29.6 Å². The topological polar surface area (TPSA) is 52.6 Å². The molecule has 0 saturated heterocycles. The largest absolute Gasteiger partial charge is 0.496 e. The molecule has 0 aliphatic rings. The van der Waals surface area contributed by atoms with Crippen LogP contribution in [0.3, 0.4) is 0 Å². The zero-order valence-corrected chi connectivity index (χ0v) is 12.3. The summed E-state index contributed by atoms with van der Waals surface area (Å²) in [7, 11) is 1.34. The van der Waals surface area contributed by atoms with Gasteiger partial charge in [-0.2, -0.15) is 0 Å². The summed E-state index contributed by atoms with van der Waals surface area (Å²) in [5, 5.41) is 0. The van der Waals surface area contributed by atoms with Crippen molar-refractivity contribution < 1.29 is 23.5 Å². The Balaban J connectivity index is 3.04. The molecule has 0 amide bonds. The minimum Gasteiger partial charge on any atom is -0.496 e. The van der Waals surface area contributed by atoms with Crippen LogP contribution in [-0.2, 0) is 9.53 Å². The Morgan fingerprint density at radius 2 is 1.85 bits per heavy atom. The summed E-state index contributed by atoms with van der Waals surface area (Å²) in [5.74, 6) is -3.06. The minimum atomic E-state index is -1.10. The van der Waals surface area contributed by atoms with Gasteiger partial charge >= 0.3 is 5.97 Å². The Kier molecular flexibility index (Phi) is 4.87. The number of benzene rings is 1. The van der Waals surface area contributed by atoms with Gasteiger partial charge < -0.3 is 9.47 Å². The van der Waals surface area contributed by atoms with Crippen molar-refractivity contribution in [2.24, 2.45) is 5.92 Å². The van der Waals surface area contributed by atoms with Crippen LogP contribution in [0.2, 0.25) is 0 Å². The van der Waals surface area contributed by atoms with Crippen LogP contribution in [0.1, 0.15) is 38.1 Å². The van der Waals surface area contributed by atoms with E-state index in [1.807, 2.05) is 0 Å². The molecule has 1 aromatic rings. The molecule has 0 spiro atoms.